The third-order valence-corrected chi connectivity index (χ3v) is 7.09. The molecule has 1 fully saturated rings. The van der Waals surface area contributed by atoms with Gasteiger partial charge in [0.2, 0.25) is 11.7 Å². The first kappa shape index (κ1) is 19.9. The topological polar surface area (TPSA) is 56.4 Å². The Hall–Kier alpha value is -3.73. The Balaban J connectivity index is 1.65. The van der Waals surface area contributed by atoms with Crippen LogP contribution in [0.15, 0.2) is 83.7 Å². The molecular formula is C28H25N3O2. The number of benzene rings is 3. The zero-order valence-electron chi connectivity index (χ0n) is 18.4. The van der Waals surface area contributed by atoms with Gasteiger partial charge in [0.25, 0.3) is 5.56 Å². The SMILES string of the molecule is O=C(C(c1ccccc1)C1CCCCC1)n1c2ccccc2n2c(=O)c3ccccc3nc12. The van der Waals surface area contributed by atoms with Crippen molar-refractivity contribution in [2.45, 2.75) is 38.0 Å². The van der Waals surface area contributed by atoms with Crippen LogP contribution in [0.2, 0.25) is 0 Å². The third-order valence-electron chi connectivity index (χ3n) is 7.09. The van der Waals surface area contributed by atoms with Crippen LogP contribution in [0.4, 0.5) is 0 Å². The van der Waals surface area contributed by atoms with Gasteiger partial charge in [-0.1, -0.05) is 73.9 Å². The van der Waals surface area contributed by atoms with Gasteiger partial charge in [0.05, 0.1) is 27.9 Å². The molecule has 1 unspecified atom stereocenters. The molecule has 0 spiro atoms. The number of nitrogens with zero attached hydrogens (tertiary/aromatic N) is 3. The molecule has 3 aromatic carbocycles. The first-order valence-electron chi connectivity index (χ1n) is 11.7. The fourth-order valence-corrected chi connectivity index (χ4v) is 5.54. The quantitative estimate of drug-likeness (QED) is 0.359. The summed E-state index contributed by atoms with van der Waals surface area (Å²) in [5.41, 5.74) is 2.92. The van der Waals surface area contributed by atoms with Crippen LogP contribution in [0.3, 0.4) is 0 Å². The predicted molar refractivity (Wildman–Crippen MR) is 131 cm³/mol. The first-order valence-corrected chi connectivity index (χ1v) is 11.7. The maximum absolute atomic E-state index is 14.4. The maximum atomic E-state index is 14.4. The van der Waals surface area contributed by atoms with E-state index in [0.29, 0.717) is 22.2 Å². The van der Waals surface area contributed by atoms with Crippen LogP contribution in [0, 0.1) is 5.92 Å². The van der Waals surface area contributed by atoms with Crippen molar-refractivity contribution in [3.05, 3.63) is 94.8 Å². The largest absolute Gasteiger partial charge is 0.273 e. The second-order valence-corrected chi connectivity index (χ2v) is 9.02. The van der Waals surface area contributed by atoms with Crippen molar-refractivity contribution in [2.24, 2.45) is 5.92 Å². The first-order chi connectivity index (χ1) is 16.2. The Labute approximate surface area is 191 Å². The molecule has 1 saturated carbocycles. The molecule has 1 aliphatic rings. The fourth-order valence-electron chi connectivity index (χ4n) is 5.54. The van der Waals surface area contributed by atoms with E-state index in [1.54, 1.807) is 15.0 Å². The smallest absolute Gasteiger partial charge is 0.267 e. The van der Waals surface area contributed by atoms with Crippen LogP contribution >= 0.6 is 0 Å². The average molecular weight is 436 g/mol. The standard InChI is InChI=1S/C28H25N3O2/c32-26-21-15-7-8-16-22(21)29-28-30(26)23-17-9-10-18-24(23)31(28)27(33)25(19-11-3-1-4-12-19)20-13-5-2-6-14-20/h1,3-4,7-12,15-18,20,25H,2,5-6,13-14H2. The van der Waals surface area contributed by atoms with Gasteiger partial charge in [-0.15, -0.1) is 0 Å². The normalized spacial score (nSPS) is 15.9. The van der Waals surface area contributed by atoms with Gasteiger partial charge in [0, 0.05) is 0 Å². The van der Waals surface area contributed by atoms with Gasteiger partial charge in [-0.3, -0.25) is 9.59 Å². The molecule has 0 saturated heterocycles. The van der Waals surface area contributed by atoms with E-state index in [1.165, 1.54) is 6.42 Å². The predicted octanol–water partition coefficient (Wildman–Crippen LogP) is 5.81. The number of imidazole rings is 1. The summed E-state index contributed by atoms with van der Waals surface area (Å²) in [6, 6.07) is 25.0. The van der Waals surface area contributed by atoms with Crippen LogP contribution in [0.25, 0.3) is 27.7 Å². The fraction of sp³-hybridized carbons (Fsp3) is 0.250. The lowest BCUT2D eigenvalue weighted by Crippen LogP contribution is -2.29. The highest BCUT2D eigenvalue weighted by atomic mass is 16.2. The van der Waals surface area contributed by atoms with Crippen LogP contribution in [-0.4, -0.2) is 19.9 Å². The zero-order valence-corrected chi connectivity index (χ0v) is 18.4. The number of hydrogen-bond donors (Lipinski definition) is 0. The molecule has 164 valence electrons. The van der Waals surface area contributed by atoms with E-state index in [0.717, 1.165) is 36.8 Å². The van der Waals surface area contributed by atoms with Gasteiger partial charge in [-0.25, -0.2) is 14.0 Å². The molecule has 2 aromatic heterocycles. The van der Waals surface area contributed by atoms with Crippen molar-refractivity contribution in [2.75, 3.05) is 0 Å². The molecule has 6 rings (SSSR count). The summed E-state index contributed by atoms with van der Waals surface area (Å²) in [6.07, 6.45) is 5.61. The third kappa shape index (κ3) is 3.18. The molecule has 0 bridgehead atoms. The van der Waals surface area contributed by atoms with Crippen molar-refractivity contribution in [1.29, 1.82) is 0 Å². The van der Waals surface area contributed by atoms with E-state index in [1.807, 2.05) is 60.7 Å². The lowest BCUT2D eigenvalue weighted by molar-refractivity contribution is 0.0837. The highest BCUT2D eigenvalue weighted by molar-refractivity contribution is 5.99. The Kier molecular flexibility index (Phi) is 4.83. The van der Waals surface area contributed by atoms with E-state index >= 15 is 0 Å². The molecule has 5 heteroatoms. The van der Waals surface area contributed by atoms with Gasteiger partial charge < -0.3 is 0 Å². The molecule has 1 atom stereocenters. The lowest BCUT2D eigenvalue weighted by Gasteiger charge is -2.30. The van der Waals surface area contributed by atoms with Crippen molar-refractivity contribution < 1.29 is 4.79 Å². The highest BCUT2D eigenvalue weighted by Gasteiger charge is 2.34. The molecule has 5 nitrogen and oxygen atoms in total. The van der Waals surface area contributed by atoms with E-state index < -0.39 is 0 Å². The van der Waals surface area contributed by atoms with Crippen LogP contribution in [0.1, 0.15) is 48.4 Å². The number of aromatic nitrogens is 3. The van der Waals surface area contributed by atoms with Gasteiger partial charge in [-0.05, 0) is 48.6 Å². The summed E-state index contributed by atoms with van der Waals surface area (Å²) in [5, 5.41) is 0.553. The van der Waals surface area contributed by atoms with Crippen LogP contribution < -0.4 is 5.56 Å². The number of hydrogen-bond acceptors (Lipinski definition) is 3. The summed E-state index contributed by atoms with van der Waals surface area (Å²) in [7, 11) is 0. The molecule has 5 aromatic rings. The number of carbonyl (C=O) groups is 1. The highest BCUT2D eigenvalue weighted by Crippen LogP contribution is 2.38. The molecule has 1 aliphatic carbocycles. The summed E-state index contributed by atoms with van der Waals surface area (Å²) >= 11 is 0. The number of rotatable bonds is 3. The summed E-state index contributed by atoms with van der Waals surface area (Å²) in [6.45, 7) is 0. The van der Waals surface area contributed by atoms with Gasteiger partial charge in [-0.2, -0.15) is 0 Å². The molecule has 0 aliphatic heterocycles. The Morgan fingerprint density at radius 3 is 2.27 bits per heavy atom. The van der Waals surface area contributed by atoms with E-state index in [-0.39, 0.29) is 23.3 Å². The van der Waals surface area contributed by atoms with Crippen LogP contribution in [0.5, 0.6) is 0 Å². The van der Waals surface area contributed by atoms with Crippen molar-refractivity contribution in [3.8, 4) is 0 Å². The minimum atomic E-state index is -0.269. The van der Waals surface area contributed by atoms with E-state index in [2.05, 4.69) is 12.1 Å². The Morgan fingerprint density at radius 1 is 0.818 bits per heavy atom. The number of fused-ring (bicyclic) bond motifs is 4. The summed E-state index contributed by atoms with van der Waals surface area (Å²) in [5.74, 6) is 0.396. The number of carbonyl (C=O) groups excluding carboxylic acids is 1. The number of para-hydroxylation sites is 3. The Morgan fingerprint density at radius 2 is 1.48 bits per heavy atom. The van der Waals surface area contributed by atoms with Gasteiger partial charge in [0.15, 0.2) is 0 Å². The van der Waals surface area contributed by atoms with Gasteiger partial charge >= 0.3 is 0 Å². The average Bonchev–Trinajstić information content (AvgIpc) is 3.20. The Bertz CT molecular complexity index is 1540. The van der Waals surface area contributed by atoms with Crippen molar-refractivity contribution in [3.63, 3.8) is 0 Å². The molecule has 0 radical (unpaired) electrons. The minimum absolute atomic E-state index is 0.00557. The summed E-state index contributed by atoms with van der Waals surface area (Å²) in [4.78, 5) is 32.7. The van der Waals surface area contributed by atoms with E-state index in [9.17, 15) is 9.59 Å². The van der Waals surface area contributed by atoms with Crippen molar-refractivity contribution in [1.82, 2.24) is 14.0 Å². The second-order valence-electron chi connectivity index (χ2n) is 9.02. The van der Waals surface area contributed by atoms with E-state index in [4.69, 9.17) is 4.98 Å². The monoisotopic (exact) mass is 435 g/mol. The molecule has 2 heterocycles. The lowest BCUT2D eigenvalue weighted by atomic mass is 9.76. The minimum Gasteiger partial charge on any atom is -0.273 e. The molecule has 33 heavy (non-hydrogen) atoms. The van der Waals surface area contributed by atoms with Crippen LogP contribution in [-0.2, 0) is 0 Å². The van der Waals surface area contributed by atoms with Crippen molar-refractivity contribution >= 4 is 33.6 Å². The van der Waals surface area contributed by atoms with Gasteiger partial charge in [0.1, 0.15) is 0 Å². The maximum Gasteiger partial charge on any atom is 0.267 e. The second kappa shape index (κ2) is 8.00. The molecule has 0 N–H and O–H groups in total. The zero-order chi connectivity index (χ0) is 22.4. The summed E-state index contributed by atoms with van der Waals surface area (Å²) < 4.78 is 3.29. The molecular weight excluding hydrogens is 410 g/mol. The molecule has 0 amide bonds.